The number of esters is 2. The quantitative estimate of drug-likeness (QED) is 0.231. The second kappa shape index (κ2) is 12.8. The van der Waals surface area contributed by atoms with Gasteiger partial charge in [-0.15, -0.1) is 0 Å². The van der Waals surface area contributed by atoms with Gasteiger partial charge in [-0.2, -0.15) is 0 Å². The third kappa shape index (κ3) is 4.57. The Morgan fingerprint density at radius 3 is 2.71 bits per heavy atom. The molecule has 2 N–H and O–H groups in total. The molecule has 55 heavy (non-hydrogen) atoms. The van der Waals surface area contributed by atoms with Crippen LogP contribution in [0.5, 0.6) is 0 Å². The molecule has 1 aromatic carbocycles. The van der Waals surface area contributed by atoms with Crippen LogP contribution in [0.1, 0.15) is 132 Å². The van der Waals surface area contributed by atoms with Crippen LogP contribution in [-0.2, 0) is 26.3 Å². The zero-order valence-corrected chi connectivity index (χ0v) is 33.4. The molecule has 6 fully saturated rings. The van der Waals surface area contributed by atoms with Crippen molar-refractivity contribution >= 4 is 11.9 Å². The van der Waals surface area contributed by atoms with E-state index in [1.807, 2.05) is 0 Å². The fraction of sp³-hybridized carbons (Fsp3) is 0.708. The lowest BCUT2D eigenvalue weighted by Crippen LogP contribution is -2.75. The third-order valence-electron chi connectivity index (χ3n) is 17.4. The number of nitrogens with zero attached hydrogens (tertiary/aromatic N) is 2. The van der Waals surface area contributed by atoms with Crippen LogP contribution in [0.2, 0.25) is 0 Å². The largest absolute Gasteiger partial charge is 0.449 e. The summed E-state index contributed by atoms with van der Waals surface area (Å²) >= 11 is 0. The minimum absolute atomic E-state index is 0.0877. The molecule has 10 heterocycles. The molecule has 1 aromatic rings. The summed E-state index contributed by atoms with van der Waals surface area (Å²) in [6.07, 6.45) is 25.2. The summed E-state index contributed by atoms with van der Waals surface area (Å²) in [5, 5.41) is 0. The first-order valence-corrected chi connectivity index (χ1v) is 22.8. The van der Waals surface area contributed by atoms with Gasteiger partial charge in [-0.3, -0.25) is 9.69 Å². The zero-order chi connectivity index (χ0) is 37.3. The minimum atomic E-state index is -0.931. The lowest BCUT2D eigenvalue weighted by Gasteiger charge is -2.69. The highest BCUT2D eigenvalue weighted by molar-refractivity contribution is 5.99. The van der Waals surface area contributed by atoms with Gasteiger partial charge in [0.1, 0.15) is 11.2 Å². The summed E-state index contributed by atoms with van der Waals surface area (Å²) in [5.41, 5.74) is 9.24. The van der Waals surface area contributed by atoms with Crippen LogP contribution < -0.4 is 5.73 Å². The Kier molecular flexibility index (Phi) is 8.21. The number of carbonyl (C=O) groups excluding carboxylic acids is 2. The second-order valence-electron chi connectivity index (χ2n) is 20.0. The normalized spacial score (nSPS) is 44.7. The summed E-state index contributed by atoms with van der Waals surface area (Å²) in [5.74, 6) is 3.69. The van der Waals surface area contributed by atoms with Crippen LogP contribution in [0.25, 0.3) is 0 Å². The zero-order valence-electron chi connectivity index (χ0n) is 33.4. The number of rotatable bonds is 6. The number of hydrogen-bond acceptors (Lipinski definition) is 7. The monoisotopic (exact) mass is 745 g/mol. The van der Waals surface area contributed by atoms with Gasteiger partial charge >= 0.3 is 11.9 Å². The number of carbonyl (C=O) groups is 2. The highest BCUT2D eigenvalue weighted by Gasteiger charge is 2.91. The van der Waals surface area contributed by atoms with Crippen LogP contribution in [-0.4, -0.2) is 60.0 Å². The summed E-state index contributed by atoms with van der Waals surface area (Å²) in [7, 11) is 0. The van der Waals surface area contributed by atoms with Gasteiger partial charge in [-0.05, 0) is 125 Å². The highest BCUT2D eigenvalue weighted by atomic mass is 16.6. The predicted molar refractivity (Wildman–Crippen MR) is 212 cm³/mol. The second-order valence-corrected chi connectivity index (χ2v) is 20.0. The molecular formula is C48H63N3O4. The van der Waals surface area contributed by atoms with Crippen LogP contribution >= 0.6 is 0 Å². The molecule has 294 valence electrons. The molecule has 4 saturated heterocycles. The van der Waals surface area contributed by atoms with Crippen molar-refractivity contribution in [3.8, 4) is 0 Å². The van der Waals surface area contributed by atoms with Gasteiger partial charge in [0, 0.05) is 54.8 Å². The number of benzene rings is 1. The molecule has 0 aromatic heterocycles. The summed E-state index contributed by atoms with van der Waals surface area (Å²) in [6.45, 7) is 8.78. The maximum atomic E-state index is 15.3. The van der Waals surface area contributed by atoms with Gasteiger partial charge in [-0.25, -0.2) is 4.79 Å². The Bertz CT molecular complexity index is 1880. The number of hydrogen-bond donors (Lipinski definition) is 1. The molecule has 10 aliphatic heterocycles. The topological polar surface area (TPSA) is 85.1 Å². The van der Waals surface area contributed by atoms with Gasteiger partial charge < -0.3 is 20.1 Å². The van der Waals surface area contributed by atoms with E-state index in [0.29, 0.717) is 54.1 Å². The van der Waals surface area contributed by atoms with Crippen molar-refractivity contribution in [1.82, 2.24) is 9.80 Å². The van der Waals surface area contributed by atoms with E-state index in [4.69, 9.17) is 15.2 Å². The Labute approximate surface area is 328 Å². The minimum Gasteiger partial charge on any atom is -0.449 e. The van der Waals surface area contributed by atoms with E-state index in [2.05, 4.69) is 60.1 Å². The van der Waals surface area contributed by atoms with Gasteiger partial charge in [-0.1, -0.05) is 75.5 Å². The van der Waals surface area contributed by atoms with Crippen molar-refractivity contribution < 1.29 is 19.1 Å². The Hall–Kier alpha value is -2.90. The smallest absolute Gasteiger partial charge is 0.339 e. The fourth-order valence-electron chi connectivity index (χ4n) is 15.6. The molecule has 0 radical (unpaired) electrons. The Morgan fingerprint density at radius 1 is 1.00 bits per heavy atom. The first-order chi connectivity index (χ1) is 26.8. The number of aryl methyl sites for hydroxylation is 1. The van der Waals surface area contributed by atoms with Crippen LogP contribution in [0.4, 0.5) is 0 Å². The van der Waals surface area contributed by atoms with Gasteiger partial charge in [0.15, 0.2) is 5.60 Å². The van der Waals surface area contributed by atoms with Crippen molar-refractivity contribution in [1.29, 1.82) is 0 Å². The van der Waals surface area contributed by atoms with Gasteiger partial charge in [0.05, 0.1) is 11.0 Å². The van der Waals surface area contributed by atoms with Crippen molar-refractivity contribution in [3.63, 3.8) is 0 Å². The van der Waals surface area contributed by atoms with Crippen LogP contribution in [0.3, 0.4) is 0 Å². The van der Waals surface area contributed by atoms with Crippen LogP contribution in [0.15, 0.2) is 53.5 Å². The predicted octanol–water partition coefficient (Wildman–Crippen LogP) is 8.43. The molecule has 2 spiro atoms. The number of fused-ring (bicyclic) bond motifs is 2. The van der Waals surface area contributed by atoms with Crippen LogP contribution in [0, 0.1) is 52.3 Å². The van der Waals surface area contributed by atoms with Crippen molar-refractivity contribution in [3.05, 3.63) is 70.1 Å². The van der Waals surface area contributed by atoms with E-state index in [0.717, 1.165) is 80.2 Å². The molecule has 2 saturated carbocycles. The third-order valence-corrected chi connectivity index (χ3v) is 17.4. The fourth-order valence-corrected chi connectivity index (χ4v) is 15.6. The number of ether oxygens (including phenoxy) is 2. The van der Waals surface area contributed by atoms with E-state index in [1.54, 1.807) is 5.70 Å². The summed E-state index contributed by atoms with van der Waals surface area (Å²) in [4.78, 5) is 35.7. The Morgan fingerprint density at radius 2 is 1.87 bits per heavy atom. The molecule has 14 aliphatic rings. The average molecular weight is 746 g/mol. The number of allylic oxidation sites excluding steroid dienone is 2. The van der Waals surface area contributed by atoms with E-state index in [1.165, 1.54) is 70.2 Å². The lowest BCUT2D eigenvalue weighted by molar-refractivity contribution is -0.271. The van der Waals surface area contributed by atoms with E-state index < -0.39 is 16.4 Å². The highest BCUT2D eigenvalue weighted by Crippen LogP contribution is 2.84. The molecule has 4 aliphatic carbocycles. The molecule has 10 bridgehead atoms. The van der Waals surface area contributed by atoms with Crippen molar-refractivity contribution in [2.24, 2.45) is 58.0 Å². The molecule has 7 nitrogen and oxygen atoms in total. The standard InChI is InChI=1S/C48H63N3O4/c1-3-9-40-46-25-34-19-20-47(46,48(40)37-14-7-12-31(13-8-21-49)42(37)44(52)55-48)41(54-45(46)53)24-33-16-18-38-35-23-30(27-51(38)43(33)32-10-5-4-6-11-32)26-50(28-35)39-17-15-29(2)22-36(34)39/h7,12,14,17,24-25,29-30,32-33,35-36,38,40,43H,3-6,8-11,13,15-16,18-23,26-28,49H2,1-2H3/b41-24-/t29-,30+,33-,35-,36+,38+,40-,43-,46-,47+,48+/m0/s1. The average Bonchev–Trinajstić information content (AvgIpc) is 3.63. The van der Waals surface area contributed by atoms with Crippen molar-refractivity contribution in [2.75, 3.05) is 26.2 Å². The number of nitrogens with two attached hydrogens (primary N) is 1. The SMILES string of the molecule is CCC[C@@H]1[C@@]2(OC(=O)c3c(CCCN)cccc32)[C@@]23CCC4=C[C@@]12C(=O)O/C3=C\[C@@H]1CC[C@@H]2[C@H]3C[C@H](CN(C3)C3=CC[C@H](C)C[C@H]43)CN2[C@H]1C1CCCCC1. The van der Waals surface area contributed by atoms with Gasteiger partial charge in [0.25, 0.3) is 0 Å². The summed E-state index contributed by atoms with van der Waals surface area (Å²) < 4.78 is 14.0. The molecule has 1 unspecified atom stereocenters. The molecule has 7 heteroatoms. The lowest BCUT2D eigenvalue weighted by atomic mass is 9.31. The Balaban J connectivity index is 1.16. The molecular weight excluding hydrogens is 683 g/mol. The number of piperidine rings is 3. The molecule has 12 atom stereocenters. The first-order valence-electron chi connectivity index (χ1n) is 22.8. The van der Waals surface area contributed by atoms with Crippen molar-refractivity contribution in [2.45, 2.75) is 134 Å². The van der Waals surface area contributed by atoms with E-state index >= 15 is 4.79 Å². The molecule has 15 rings (SSSR count). The maximum absolute atomic E-state index is 15.3. The first kappa shape index (κ1) is 35.3. The van der Waals surface area contributed by atoms with E-state index in [-0.39, 0.29) is 17.9 Å². The summed E-state index contributed by atoms with van der Waals surface area (Å²) in [6, 6.07) is 7.50. The molecule has 0 amide bonds. The van der Waals surface area contributed by atoms with E-state index in [9.17, 15) is 4.79 Å². The van der Waals surface area contributed by atoms with Gasteiger partial charge in [0.2, 0.25) is 0 Å². The maximum Gasteiger partial charge on any atom is 0.339 e.